The van der Waals surface area contributed by atoms with Gasteiger partial charge in [-0.1, -0.05) is 12.1 Å². The predicted octanol–water partition coefficient (Wildman–Crippen LogP) is 3.51. The van der Waals surface area contributed by atoms with Crippen LogP contribution in [0.1, 0.15) is 34.5 Å². The summed E-state index contributed by atoms with van der Waals surface area (Å²) in [7, 11) is -1.92. The van der Waals surface area contributed by atoms with E-state index in [9.17, 15) is 22.0 Å². The van der Waals surface area contributed by atoms with Crippen molar-refractivity contribution in [3.63, 3.8) is 0 Å². The van der Waals surface area contributed by atoms with Crippen LogP contribution in [-0.2, 0) is 9.84 Å². The first-order chi connectivity index (χ1) is 11.5. The molecule has 0 spiro atoms. The topological polar surface area (TPSA) is 54.5 Å². The van der Waals surface area contributed by atoms with E-state index in [0.717, 1.165) is 18.4 Å². The number of hydrogen-bond acceptors (Lipinski definition) is 3. The molecule has 2 aromatic rings. The van der Waals surface area contributed by atoms with Gasteiger partial charge in [0.15, 0.2) is 21.5 Å². The van der Waals surface area contributed by atoms with Gasteiger partial charge in [-0.2, -0.15) is 0 Å². The Labute approximate surface area is 146 Å². The van der Waals surface area contributed by atoms with Gasteiger partial charge in [0, 0.05) is 18.9 Å². The molecule has 2 rings (SSSR count). The first-order valence-corrected chi connectivity index (χ1v) is 9.44. The van der Waals surface area contributed by atoms with Gasteiger partial charge in [-0.3, -0.25) is 4.79 Å². The number of carbonyl (C=O) groups excluding carboxylic acids is 1. The van der Waals surface area contributed by atoms with E-state index in [-0.39, 0.29) is 10.5 Å². The van der Waals surface area contributed by atoms with Gasteiger partial charge >= 0.3 is 0 Å². The molecule has 1 atom stereocenters. The molecule has 0 aromatic heterocycles. The Bertz CT molecular complexity index is 926. The van der Waals surface area contributed by atoms with Crippen molar-refractivity contribution in [2.45, 2.75) is 24.8 Å². The second-order valence-corrected chi connectivity index (χ2v) is 8.03. The lowest BCUT2D eigenvalue weighted by Crippen LogP contribution is -2.30. The van der Waals surface area contributed by atoms with E-state index in [1.807, 2.05) is 0 Å². The predicted molar refractivity (Wildman–Crippen MR) is 91.2 cm³/mol. The molecule has 0 unspecified atom stereocenters. The summed E-state index contributed by atoms with van der Waals surface area (Å²) < 4.78 is 49.9. The smallest absolute Gasteiger partial charge is 0.254 e. The third-order valence-electron chi connectivity index (χ3n) is 4.19. The number of nitrogens with zero attached hydrogens (tertiary/aromatic N) is 1. The third-order valence-corrected chi connectivity index (χ3v) is 5.31. The summed E-state index contributed by atoms with van der Waals surface area (Å²) in [6, 6.07) is 7.29. The van der Waals surface area contributed by atoms with E-state index >= 15 is 0 Å². The highest BCUT2D eigenvalue weighted by Crippen LogP contribution is 2.24. The standard InChI is InChI=1S/C18H19F2NO3S/c1-11-5-7-14(25(4,23)24)10-15(11)18(22)21(3)12(2)13-6-8-16(19)17(20)9-13/h5-10,12H,1-4H3/t12-/m0/s1. The lowest BCUT2D eigenvalue weighted by atomic mass is 10.0. The minimum absolute atomic E-state index is 0.0512. The Balaban J connectivity index is 2.37. The number of amides is 1. The molecule has 0 saturated heterocycles. The summed E-state index contributed by atoms with van der Waals surface area (Å²) in [6.45, 7) is 3.38. The average Bonchev–Trinajstić information content (AvgIpc) is 2.54. The Hall–Kier alpha value is -2.28. The van der Waals surface area contributed by atoms with Crippen LogP contribution in [0.25, 0.3) is 0 Å². The van der Waals surface area contributed by atoms with Crippen molar-refractivity contribution >= 4 is 15.7 Å². The van der Waals surface area contributed by atoms with Crippen LogP contribution >= 0.6 is 0 Å². The quantitative estimate of drug-likeness (QED) is 0.831. The molecule has 2 aromatic carbocycles. The molecule has 0 radical (unpaired) electrons. The number of rotatable bonds is 4. The minimum atomic E-state index is -3.45. The van der Waals surface area contributed by atoms with E-state index < -0.39 is 33.4 Å². The number of carbonyl (C=O) groups is 1. The monoisotopic (exact) mass is 367 g/mol. The largest absolute Gasteiger partial charge is 0.335 e. The SMILES string of the molecule is Cc1ccc(S(C)(=O)=O)cc1C(=O)N(C)[C@@H](C)c1ccc(F)c(F)c1. The zero-order valence-electron chi connectivity index (χ0n) is 14.4. The van der Waals surface area contributed by atoms with Crippen LogP contribution < -0.4 is 0 Å². The van der Waals surface area contributed by atoms with Gasteiger partial charge in [-0.05, 0) is 49.2 Å². The molecule has 0 N–H and O–H groups in total. The van der Waals surface area contributed by atoms with Crippen LogP contribution in [-0.4, -0.2) is 32.5 Å². The molecule has 25 heavy (non-hydrogen) atoms. The first-order valence-electron chi connectivity index (χ1n) is 7.55. The Morgan fingerprint density at radius 2 is 1.72 bits per heavy atom. The van der Waals surface area contributed by atoms with Crippen molar-refractivity contribution in [3.8, 4) is 0 Å². The number of sulfone groups is 1. The zero-order chi connectivity index (χ0) is 18.9. The minimum Gasteiger partial charge on any atom is -0.335 e. The number of benzene rings is 2. The Morgan fingerprint density at radius 1 is 1.08 bits per heavy atom. The van der Waals surface area contributed by atoms with Crippen LogP contribution in [0, 0.1) is 18.6 Å². The number of halogens is 2. The molecule has 0 aliphatic rings. The van der Waals surface area contributed by atoms with Gasteiger partial charge in [0.2, 0.25) is 0 Å². The van der Waals surface area contributed by atoms with Gasteiger partial charge in [-0.15, -0.1) is 0 Å². The summed E-state index contributed by atoms with van der Waals surface area (Å²) in [5.41, 5.74) is 1.31. The fraction of sp³-hybridized carbons (Fsp3) is 0.278. The lowest BCUT2D eigenvalue weighted by molar-refractivity contribution is 0.0741. The van der Waals surface area contributed by atoms with E-state index in [1.165, 1.54) is 30.1 Å². The average molecular weight is 367 g/mol. The van der Waals surface area contributed by atoms with E-state index in [0.29, 0.717) is 11.1 Å². The highest BCUT2D eigenvalue weighted by atomic mass is 32.2. The molecular formula is C18H19F2NO3S. The van der Waals surface area contributed by atoms with Crippen LogP contribution in [0.5, 0.6) is 0 Å². The van der Waals surface area contributed by atoms with Gasteiger partial charge in [0.25, 0.3) is 5.91 Å². The maximum atomic E-state index is 13.4. The number of aryl methyl sites for hydroxylation is 1. The summed E-state index contributed by atoms with van der Waals surface area (Å²) in [5.74, 6) is -2.35. The fourth-order valence-corrected chi connectivity index (χ4v) is 3.07. The Morgan fingerprint density at radius 3 is 2.28 bits per heavy atom. The van der Waals surface area contributed by atoms with Crippen LogP contribution in [0.4, 0.5) is 8.78 Å². The van der Waals surface area contributed by atoms with Crippen LogP contribution in [0.3, 0.4) is 0 Å². The third kappa shape index (κ3) is 4.04. The van der Waals surface area contributed by atoms with E-state index in [2.05, 4.69) is 0 Å². The second kappa shape index (κ2) is 6.92. The number of hydrogen-bond donors (Lipinski definition) is 0. The maximum absolute atomic E-state index is 13.4. The normalized spacial score (nSPS) is 12.7. The molecule has 1 amide bonds. The van der Waals surface area contributed by atoms with E-state index in [4.69, 9.17) is 0 Å². The van der Waals surface area contributed by atoms with Gasteiger partial charge in [-0.25, -0.2) is 17.2 Å². The molecule has 7 heteroatoms. The second-order valence-electron chi connectivity index (χ2n) is 6.01. The zero-order valence-corrected chi connectivity index (χ0v) is 15.2. The highest BCUT2D eigenvalue weighted by Gasteiger charge is 2.22. The molecule has 0 saturated carbocycles. The summed E-state index contributed by atoms with van der Waals surface area (Å²) in [4.78, 5) is 14.2. The summed E-state index contributed by atoms with van der Waals surface area (Å²) >= 11 is 0. The van der Waals surface area contributed by atoms with Crippen molar-refractivity contribution < 1.29 is 22.0 Å². The van der Waals surface area contributed by atoms with Gasteiger partial charge < -0.3 is 4.90 Å². The fourth-order valence-electron chi connectivity index (χ4n) is 2.42. The molecule has 0 heterocycles. The summed E-state index contributed by atoms with van der Waals surface area (Å²) in [6.07, 6.45) is 1.07. The van der Waals surface area contributed by atoms with Crippen LogP contribution in [0.15, 0.2) is 41.3 Å². The molecule has 0 fully saturated rings. The van der Waals surface area contributed by atoms with Crippen molar-refractivity contribution in [1.82, 2.24) is 4.90 Å². The van der Waals surface area contributed by atoms with E-state index in [1.54, 1.807) is 19.9 Å². The van der Waals surface area contributed by atoms with Gasteiger partial charge in [0.05, 0.1) is 10.9 Å². The molecule has 0 aliphatic heterocycles. The molecule has 4 nitrogen and oxygen atoms in total. The summed E-state index contributed by atoms with van der Waals surface area (Å²) in [5, 5.41) is 0. The maximum Gasteiger partial charge on any atom is 0.254 e. The van der Waals surface area contributed by atoms with Crippen LogP contribution in [0.2, 0.25) is 0 Å². The van der Waals surface area contributed by atoms with Crippen molar-refractivity contribution in [2.24, 2.45) is 0 Å². The van der Waals surface area contributed by atoms with Crippen molar-refractivity contribution in [2.75, 3.05) is 13.3 Å². The molecule has 134 valence electrons. The molecular weight excluding hydrogens is 348 g/mol. The Kier molecular flexibility index (Phi) is 5.27. The first kappa shape index (κ1) is 19.1. The lowest BCUT2D eigenvalue weighted by Gasteiger charge is -2.26. The van der Waals surface area contributed by atoms with Crippen molar-refractivity contribution in [3.05, 3.63) is 64.7 Å². The molecule has 0 aliphatic carbocycles. The highest BCUT2D eigenvalue weighted by molar-refractivity contribution is 7.90. The molecule has 0 bridgehead atoms. The van der Waals surface area contributed by atoms with Crippen molar-refractivity contribution in [1.29, 1.82) is 0 Å². The van der Waals surface area contributed by atoms with Gasteiger partial charge in [0.1, 0.15) is 0 Å².